The fourth-order valence-electron chi connectivity index (χ4n) is 2.10. The van der Waals surface area contributed by atoms with E-state index in [4.69, 9.17) is 5.26 Å². The van der Waals surface area contributed by atoms with Crippen LogP contribution in [-0.2, 0) is 0 Å². The van der Waals surface area contributed by atoms with Crippen molar-refractivity contribution in [1.82, 2.24) is 9.38 Å². The van der Waals surface area contributed by atoms with Gasteiger partial charge in [0.25, 0.3) is 0 Å². The van der Waals surface area contributed by atoms with Crippen molar-refractivity contribution in [2.24, 2.45) is 0 Å². The number of nitriles is 1. The minimum Gasteiger partial charge on any atom is -0.305 e. The first-order valence-corrected chi connectivity index (χ1v) is 6.14. The molecule has 0 amide bonds. The number of hydrogen-bond donors (Lipinski definition) is 0. The second-order valence-corrected chi connectivity index (χ2v) is 4.72. The Morgan fingerprint density at radius 1 is 1.05 bits per heavy atom. The molecule has 0 aliphatic carbocycles. The lowest BCUT2D eigenvalue weighted by Gasteiger charge is -2.01. The van der Waals surface area contributed by atoms with E-state index in [1.807, 2.05) is 16.7 Å². The van der Waals surface area contributed by atoms with E-state index in [2.05, 4.69) is 43.1 Å². The normalized spacial score (nSPS) is 10.6. The zero-order chi connectivity index (χ0) is 13.4. The molecule has 0 saturated heterocycles. The number of aryl methyl sites for hydroxylation is 2. The van der Waals surface area contributed by atoms with Gasteiger partial charge < -0.3 is 4.40 Å². The molecule has 3 nitrogen and oxygen atoms in total. The highest BCUT2D eigenvalue weighted by Gasteiger charge is 2.05. The summed E-state index contributed by atoms with van der Waals surface area (Å²) >= 11 is 0. The summed E-state index contributed by atoms with van der Waals surface area (Å²) in [5, 5.41) is 8.90. The smallest absolute Gasteiger partial charge is 0.137 e. The lowest BCUT2D eigenvalue weighted by Crippen LogP contribution is -1.83. The van der Waals surface area contributed by atoms with Crippen molar-refractivity contribution >= 4 is 5.65 Å². The fourth-order valence-corrected chi connectivity index (χ4v) is 2.10. The molecule has 0 fully saturated rings. The van der Waals surface area contributed by atoms with Crippen molar-refractivity contribution in [3.05, 3.63) is 59.4 Å². The van der Waals surface area contributed by atoms with Crippen molar-refractivity contribution in [3.8, 4) is 17.3 Å². The molecular weight excluding hydrogens is 234 g/mol. The zero-order valence-electron chi connectivity index (χ0n) is 10.9. The van der Waals surface area contributed by atoms with Gasteiger partial charge in [0.2, 0.25) is 0 Å². The largest absolute Gasteiger partial charge is 0.305 e. The van der Waals surface area contributed by atoms with Crippen LogP contribution < -0.4 is 0 Å². The van der Waals surface area contributed by atoms with E-state index in [-0.39, 0.29) is 0 Å². The highest BCUT2D eigenvalue weighted by molar-refractivity contribution is 5.64. The summed E-state index contributed by atoms with van der Waals surface area (Å²) in [5.41, 5.74) is 6.05. The van der Waals surface area contributed by atoms with Crippen molar-refractivity contribution in [1.29, 1.82) is 5.26 Å². The van der Waals surface area contributed by atoms with Gasteiger partial charge in [0, 0.05) is 18.0 Å². The summed E-state index contributed by atoms with van der Waals surface area (Å²) in [4.78, 5) is 4.58. The van der Waals surface area contributed by atoms with E-state index >= 15 is 0 Å². The van der Waals surface area contributed by atoms with Gasteiger partial charge in [0.15, 0.2) is 0 Å². The topological polar surface area (TPSA) is 41.1 Å². The molecule has 0 spiro atoms. The number of rotatable bonds is 1. The summed E-state index contributed by atoms with van der Waals surface area (Å²) in [5.74, 6) is 0. The van der Waals surface area contributed by atoms with E-state index in [9.17, 15) is 0 Å². The van der Waals surface area contributed by atoms with Crippen LogP contribution >= 0.6 is 0 Å². The molecule has 0 atom stereocenters. The lowest BCUT2D eigenvalue weighted by molar-refractivity contribution is 1.17. The minimum atomic E-state index is 0.636. The Balaban J connectivity index is 2.15. The monoisotopic (exact) mass is 247 g/mol. The number of aromatic nitrogens is 2. The Morgan fingerprint density at radius 2 is 1.89 bits per heavy atom. The zero-order valence-corrected chi connectivity index (χ0v) is 10.9. The van der Waals surface area contributed by atoms with Crippen LogP contribution in [0.15, 0.2) is 42.7 Å². The molecule has 0 saturated carbocycles. The summed E-state index contributed by atoms with van der Waals surface area (Å²) in [6.07, 6.45) is 3.76. The van der Waals surface area contributed by atoms with Crippen LogP contribution in [0.2, 0.25) is 0 Å². The molecule has 2 heterocycles. The standard InChI is InChI=1S/C16H13N3/c1-11-3-5-14(7-12(11)2)15-10-19-9-13(8-17)4-6-16(19)18-15/h3-7,9-10H,1-2H3. The van der Waals surface area contributed by atoms with Crippen LogP contribution in [-0.4, -0.2) is 9.38 Å². The predicted molar refractivity (Wildman–Crippen MR) is 74.8 cm³/mol. The molecular formula is C16H13N3. The second-order valence-electron chi connectivity index (χ2n) is 4.72. The van der Waals surface area contributed by atoms with E-state index in [1.54, 1.807) is 12.3 Å². The van der Waals surface area contributed by atoms with Gasteiger partial charge in [0.05, 0.1) is 11.3 Å². The second kappa shape index (κ2) is 4.25. The maximum atomic E-state index is 8.90. The number of fused-ring (bicyclic) bond motifs is 1. The van der Waals surface area contributed by atoms with Crippen LogP contribution in [0.1, 0.15) is 16.7 Å². The third-order valence-corrected chi connectivity index (χ3v) is 3.38. The maximum absolute atomic E-state index is 8.90. The lowest BCUT2D eigenvalue weighted by atomic mass is 10.1. The van der Waals surface area contributed by atoms with Crippen LogP contribution in [0.25, 0.3) is 16.9 Å². The number of pyridine rings is 1. The highest BCUT2D eigenvalue weighted by atomic mass is 15.0. The molecule has 0 aliphatic heterocycles. The van der Waals surface area contributed by atoms with Crippen molar-refractivity contribution in [3.63, 3.8) is 0 Å². The first-order chi connectivity index (χ1) is 9.17. The van der Waals surface area contributed by atoms with Gasteiger partial charge in [-0.3, -0.25) is 0 Å². The van der Waals surface area contributed by atoms with E-state index in [0.717, 1.165) is 16.9 Å². The molecule has 92 valence electrons. The molecule has 2 aromatic heterocycles. The Morgan fingerprint density at radius 3 is 2.63 bits per heavy atom. The number of imidazole rings is 1. The highest BCUT2D eigenvalue weighted by Crippen LogP contribution is 2.22. The van der Waals surface area contributed by atoms with Gasteiger partial charge >= 0.3 is 0 Å². The van der Waals surface area contributed by atoms with Gasteiger partial charge in [-0.25, -0.2) is 4.98 Å². The van der Waals surface area contributed by atoms with Crippen LogP contribution in [0, 0.1) is 25.2 Å². The van der Waals surface area contributed by atoms with E-state index < -0.39 is 0 Å². The average Bonchev–Trinajstić information content (AvgIpc) is 2.84. The maximum Gasteiger partial charge on any atom is 0.137 e. The van der Waals surface area contributed by atoms with Crippen LogP contribution in [0.3, 0.4) is 0 Å². The quantitative estimate of drug-likeness (QED) is 0.660. The summed E-state index contributed by atoms with van der Waals surface area (Å²) in [7, 11) is 0. The third-order valence-electron chi connectivity index (χ3n) is 3.38. The SMILES string of the molecule is Cc1ccc(-c2cn3cc(C#N)ccc3n2)cc1C. The van der Waals surface area contributed by atoms with Gasteiger partial charge in [0.1, 0.15) is 11.7 Å². The molecule has 0 radical (unpaired) electrons. The molecule has 3 rings (SSSR count). The summed E-state index contributed by atoms with van der Waals surface area (Å²) in [6.45, 7) is 4.20. The molecule has 0 aliphatic rings. The number of hydrogen-bond acceptors (Lipinski definition) is 2. The Bertz CT molecular complexity index is 806. The first kappa shape index (κ1) is 11.5. The minimum absolute atomic E-state index is 0.636. The Labute approximate surface area is 111 Å². The van der Waals surface area contributed by atoms with Crippen molar-refractivity contribution in [2.45, 2.75) is 13.8 Å². The molecule has 19 heavy (non-hydrogen) atoms. The predicted octanol–water partition coefficient (Wildman–Crippen LogP) is 3.49. The number of benzene rings is 1. The van der Waals surface area contributed by atoms with Crippen LogP contribution in [0.4, 0.5) is 0 Å². The van der Waals surface area contributed by atoms with Gasteiger partial charge in [-0.2, -0.15) is 5.26 Å². The molecule has 3 aromatic rings. The molecule has 0 bridgehead atoms. The number of nitrogens with zero attached hydrogens (tertiary/aromatic N) is 3. The average molecular weight is 247 g/mol. The van der Waals surface area contributed by atoms with Crippen LogP contribution in [0.5, 0.6) is 0 Å². The molecule has 3 heteroatoms. The Kier molecular flexibility index (Phi) is 2.57. The van der Waals surface area contributed by atoms with Crippen molar-refractivity contribution in [2.75, 3.05) is 0 Å². The first-order valence-electron chi connectivity index (χ1n) is 6.14. The summed E-state index contributed by atoms with van der Waals surface area (Å²) in [6, 6.07) is 12.1. The van der Waals surface area contributed by atoms with Gasteiger partial charge in [-0.05, 0) is 43.2 Å². The fraction of sp³-hybridized carbons (Fsp3) is 0.125. The van der Waals surface area contributed by atoms with Gasteiger partial charge in [-0.15, -0.1) is 0 Å². The molecule has 0 N–H and O–H groups in total. The van der Waals surface area contributed by atoms with E-state index in [1.165, 1.54) is 11.1 Å². The van der Waals surface area contributed by atoms with E-state index in [0.29, 0.717) is 5.56 Å². The Hall–Kier alpha value is -2.60. The summed E-state index contributed by atoms with van der Waals surface area (Å²) < 4.78 is 1.89. The van der Waals surface area contributed by atoms with Gasteiger partial charge in [-0.1, -0.05) is 12.1 Å². The van der Waals surface area contributed by atoms with Crippen molar-refractivity contribution < 1.29 is 0 Å². The third kappa shape index (κ3) is 1.98. The molecule has 0 unspecified atom stereocenters. The molecule has 1 aromatic carbocycles.